The Balaban J connectivity index is 0.00000180. The van der Waals surface area contributed by atoms with Crippen LogP contribution in [0.3, 0.4) is 0 Å². The molecule has 0 aromatic heterocycles. The lowest BCUT2D eigenvalue weighted by Crippen LogP contribution is -2.44. The lowest BCUT2D eigenvalue weighted by Gasteiger charge is -2.28. The van der Waals surface area contributed by atoms with E-state index in [1.165, 1.54) is 0 Å². The summed E-state index contributed by atoms with van der Waals surface area (Å²) < 4.78 is 0. The summed E-state index contributed by atoms with van der Waals surface area (Å²) in [5.41, 5.74) is 1.00. The molecule has 0 aliphatic rings. The molecule has 0 aliphatic heterocycles. The quantitative estimate of drug-likeness (QED) is 0.866. The van der Waals surface area contributed by atoms with Gasteiger partial charge in [0.2, 0.25) is 0 Å². The van der Waals surface area contributed by atoms with Gasteiger partial charge < -0.3 is 5.32 Å². The third-order valence-electron chi connectivity index (χ3n) is 3.34. The number of carbonyl (C=O) groups excluding carboxylic acids is 1. The highest BCUT2D eigenvalue weighted by Crippen LogP contribution is 2.24. The number of nitrogens with one attached hydrogen (secondary N) is 1. The second-order valence-electron chi connectivity index (χ2n) is 4.44. The molecule has 3 heteroatoms. The van der Waals surface area contributed by atoms with Crippen molar-refractivity contribution in [2.24, 2.45) is 0 Å². The van der Waals surface area contributed by atoms with E-state index in [-0.39, 0.29) is 18.2 Å². The van der Waals surface area contributed by atoms with Gasteiger partial charge in [-0.2, -0.15) is 0 Å². The lowest BCUT2D eigenvalue weighted by atomic mass is 9.84. The maximum Gasteiger partial charge on any atom is 0.187 e. The van der Waals surface area contributed by atoms with Crippen molar-refractivity contribution >= 4 is 18.2 Å². The highest BCUT2D eigenvalue weighted by Gasteiger charge is 2.33. The fourth-order valence-corrected chi connectivity index (χ4v) is 2.04. The summed E-state index contributed by atoms with van der Waals surface area (Å²) in [4.78, 5) is 12.6. The van der Waals surface area contributed by atoms with Crippen molar-refractivity contribution in [3.63, 3.8) is 0 Å². The zero-order valence-electron chi connectivity index (χ0n) is 11.1. The van der Waals surface area contributed by atoms with Gasteiger partial charge in [-0.3, -0.25) is 4.79 Å². The van der Waals surface area contributed by atoms with Crippen LogP contribution in [0, 0.1) is 0 Å². The Kier molecular flexibility index (Phi) is 5.28. The van der Waals surface area contributed by atoms with Crippen molar-refractivity contribution in [1.29, 1.82) is 0 Å². The molecule has 0 saturated carbocycles. The van der Waals surface area contributed by atoms with Gasteiger partial charge in [0.1, 0.15) is 5.54 Å². The van der Waals surface area contributed by atoms with Crippen molar-refractivity contribution in [3.8, 4) is 0 Å². The molecule has 0 amide bonds. The Morgan fingerprint density at radius 2 is 1.42 bits per heavy atom. The second kappa shape index (κ2) is 6.50. The molecule has 0 aliphatic carbocycles. The van der Waals surface area contributed by atoms with E-state index < -0.39 is 5.54 Å². The monoisotopic (exact) mass is 275 g/mol. The SMILES string of the molecule is CNC(C)(C(=O)c1ccccc1)c1ccccc1.Cl. The van der Waals surface area contributed by atoms with Crippen molar-refractivity contribution in [3.05, 3.63) is 71.8 Å². The van der Waals surface area contributed by atoms with Crippen LogP contribution in [0.15, 0.2) is 60.7 Å². The molecule has 2 nitrogen and oxygen atoms in total. The summed E-state index contributed by atoms with van der Waals surface area (Å²) in [5, 5.41) is 3.14. The topological polar surface area (TPSA) is 29.1 Å². The molecular formula is C16H18ClNO. The number of Topliss-reactive ketones (excluding diaryl/α,β-unsaturated/α-hetero) is 1. The van der Waals surface area contributed by atoms with Crippen molar-refractivity contribution < 1.29 is 4.79 Å². The Bertz CT molecular complexity index is 527. The summed E-state index contributed by atoms with van der Waals surface area (Å²) >= 11 is 0. The number of ketones is 1. The number of carbonyl (C=O) groups is 1. The smallest absolute Gasteiger partial charge is 0.187 e. The van der Waals surface area contributed by atoms with Gasteiger partial charge in [0.05, 0.1) is 0 Å². The Morgan fingerprint density at radius 3 is 1.89 bits per heavy atom. The molecule has 1 unspecified atom stereocenters. The zero-order valence-corrected chi connectivity index (χ0v) is 11.9. The zero-order chi connectivity index (χ0) is 13.0. The van der Waals surface area contributed by atoms with Gasteiger partial charge in [0.25, 0.3) is 0 Å². The first kappa shape index (κ1) is 15.4. The largest absolute Gasteiger partial charge is 0.304 e. The Hall–Kier alpha value is -1.64. The molecular weight excluding hydrogens is 258 g/mol. The van der Waals surface area contributed by atoms with Crippen LogP contribution in [-0.2, 0) is 5.54 Å². The molecule has 2 aromatic rings. The predicted molar refractivity (Wildman–Crippen MR) is 80.9 cm³/mol. The summed E-state index contributed by atoms with van der Waals surface area (Å²) in [6.07, 6.45) is 0. The van der Waals surface area contributed by atoms with Crippen molar-refractivity contribution in [2.75, 3.05) is 7.05 Å². The van der Waals surface area contributed by atoms with Gasteiger partial charge in [0.15, 0.2) is 5.78 Å². The fraction of sp³-hybridized carbons (Fsp3) is 0.188. The number of hydrogen-bond acceptors (Lipinski definition) is 2. The minimum Gasteiger partial charge on any atom is -0.304 e. The van der Waals surface area contributed by atoms with E-state index in [4.69, 9.17) is 0 Å². The van der Waals surface area contributed by atoms with E-state index in [0.29, 0.717) is 0 Å². The Labute approximate surface area is 120 Å². The molecule has 1 atom stereocenters. The maximum atomic E-state index is 12.6. The molecule has 19 heavy (non-hydrogen) atoms. The highest BCUT2D eigenvalue weighted by atomic mass is 35.5. The number of likely N-dealkylation sites (N-methyl/N-ethyl adjacent to an activating group) is 1. The summed E-state index contributed by atoms with van der Waals surface area (Å²) in [6, 6.07) is 19.2. The molecule has 0 bridgehead atoms. The van der Waals surface area contributed by atoms with Gasteiger partial charge in [-0.15, -0.1) is 12.4 Å². The summed E-state index contributed by atoms with van der Waals surface area (Å²) in [5.74, 6) is 0.0804. The number of halogens is 1. The molecule has 0 heterocycles. The van der Waals surface area contributed by atoms with E-state index in [9.17, 15) is 4.79 Å². The molecule has 0 spiro atoms. The van der Waals surface area contributed by atoms with Crippen LogP contribution in [0.25, 0.3) is 0 Å². The average Bonchev–Trinajstić information content (AvgIpc) is 2.47. The maximum absolute atomic E-state index is 12.6. The molecule has 2 rings (SSSR count). The van der Waals surface area contributed by atoms with Gasteiger partial charge in [0, 0.05) is 5.56 Å². The highest BCUT2D eigenvalue weighted by molar-refractivity contribution is 6.03. The van der Waals surface area contributed by atoms with E-state index in [1.54, 1.807) is 0 Å². The third-order valence-corrected chi connectivity index (χ3v) is 3.34. The summed E-state index contributed by atoms with van der Waals surface area (Å²) in [6.45, 7) is 1.91. The first-order valence-corrected chi connectivity index (χ1v) is 6.03. The molecule has 0 radical (unpaired) electrons. The van der Waals surface area contributed by atoms with Crippen molar-refractivity contribution in [1.82, 2.24) is 5.32 Å². The summed E-state index contributed by atoms with van der Waals surface area (Å²) in [7, 11) is 1.81. The van der Waals surface area contributed by atoms with Crippen molar-refractivity contribution in [2.45, 2.75) is 12.5 Å². The van der Waals surface area contributed by atoms with Crippen LogP contribution in [0.5, 0.6) is 0 Å². The minimum absolute atomic E-state index is 0. The molecule has 0 saturated heterocycles. The van der Waals surface area contributed by atoms with E-state index in [1.807, 2.05) is 74.6 Å². The van der Waals surface area contributed by atoms with Gasteiger partial charge in [-0.25, -0.2) is 0 Å². The van der Waals surface area contributed by atoms with Gasteiger partial charge in [-0.1, -0.05) is 60.7 Å². The van der Waals surface area contributed by atoms with Crippen LogP contribution in [0.1, 0.15) is 22.8 Å². The van der Waals surface area contributed by atoms with Crippen LogP contribution in [-0.4, -0.2) is 12.8 Å². The normalized spacial score (nSPS) is 13.2. The van der Waals surface area contributed by atoms with Crippen LogP contribution >= 0.6 is 12.4 Å². The number of benzene rings is 2. The van der Waals surface area contributed by atoms with E-state index in [2.05, 4.69) is 5.32 Å². The van der Waals surface area contributed by atoms with E-state index >= 15 is 0 Å². The molecule has 100 valence electrons. The fourth-order valence-electron chi connectivity index (χ4n) is 2.04. The predicted octanol–water partition coefficient (Wildman–Crippen LogP) is 3.43. The van der Waals surface area contributed by atoms with Gasteiger partial charge in [-0.05, 0) is 19.5 Å². The number of rotatable bonds is 4. The van der Waals surface area contributed by atoms with Crippen LogP contribution < -0.4 is 5.32 Å². The standard InChI is InChI=1S/C16H17NO.ClH/c1-16(17-2,14-11-7-4-8-12-14)15(18)13-9-5-3-6-10-13;/h3-12,17H,1-2H3;1H. The van der Waals surface area contributed by atoms with Gasteiger partial charge >= 0.3 is 0 Å². The number of hydrogen-bond donors (Lipinski definition) is 1. The molecule has 1 N–H and O–H groups in total. The lowest BCUT2D eigenvalue weighted by molar-refractivity contribution is 0.0872. The molecule has 2 aromatic carbocycles. The van der Waals surface area contributed by atoms with Crippen LogP contribution in [0.4, 0.5) is 0 Å². The average molecular weight is 276 g/mol. The molecule has 0 fully saturated rings. The first-order valence-electron chi connectivity index (χ1n) is 6.03. The Morgan fingerprint density at radius 1 is 0.947 bits per heavy atom. The van der Waals surface area contributed by atoms with E-state index in [0.717, 1.165) is 11.1 Å². The minimum atomic E-state index is -0.692. The van der Waals surface area contributed by atoms with Crippen LogP contribution in [0.2, 0.25) is 0 Å². The second-order valence-corrected chi connectivity index (χ2v) is 4.44. The first-order chi connectivity index (χ1) is 8.68. The third kappa shape index (κ3) is 3.03.